The summed E-state index contributed by atoms with van der Waals surface area (Å²) >= 11 is 0. The number of H-pyrrole nitrogens is 1. The number of aliphatic imine (C=N–C) groups is 1. The monoisotopic (exact) mass is 269 g/mol. The predicted molar refractivity (Wildman–Crippen MR) is 80.7 cm³/mol. The quantitative estimate of drug-likeness (QED) is 0.727. The summed E-state index contributed by atoms with van der Waals surface area (Å²) in [6, 6.07) is 8.52. The van der Waals surface area contributed by atoms with Crippen LogP contribution in [0.5, 0.6) is 0 Å². The van der Waals surface area contributed by atoms with Crippen LogP contribution in [0.25, 0.3) is 5.70 Å². The molecule has 0 atom stereocenters. The zero-order valence-corrected chi connectivity index (χ0v) is 11.1. The maximum absolute atomic E-state index is 11.0. The Kier molecular flexibility index (Phi) is 4.00. The number of aromatic nitrogens is 1. The molecule has 1 aromatic carbocycles. The summed E-state index contributed by atoms with van der Waals surface area (Å²) in [6.07, 6.45) is 3.67. The zero-order valence-electron chi connectivity index (χ0n) is 11.1. The van der Waals surface area contributed by atoms with E-state index in [1.807, 2.05) is 25.1 Å². The highest BCUT2D eigenvalue weighted by atomic mass is 16.4. The Bertz CT molecular complexity index is 671. The van der Waals surface area contributed by atoms with Crippen LogP contribution in [-0.2, 0) is 0 Å². The van der Waals surface area contributed by atoms with Gasteiger partial charge >= 0.3 is 5.97 Å². The first-order chi connectivity index (χ1) is 9.65. The number of benzene rings is 1. The van der Waals surface area contributed by atoms with E-state index in [1.165, 1.54) is 0 Å². The number of anilines is 1. The normalized spacial score (nSPS) is 11.2. The van der Waals surface area contributed by atoms with E-state index in [4.69, 9.17) is 5.11 Å². The second kappa shape index (κ2) is 5.88. The van der Waals surface area contributed by atoms with Crippen LogP contribution in [-0.4, -0.2) is 22.8 Å². The van der Waals surface area contributed by atoms with E-state index in [0.29, 0.717) is 11.5 Å². The lowest BCUT2D eigenvalue weighted by Crippen LogP contribution is -2.01. The molecule has 0 spiro atoms. The van der Waals surface area contributed by atoms with Crippen LogP contribution in [0, 0.1) is 0 Å². The van der Waals surface area contributed by atoms with Gasteiger partial charge < -0.3 is 15.4 Å². The van der Waals surface area contributed by atoms with Crippen molar-refractivity contribution in [3.63, 3.8) is 0 Å². The molecular formula is C15H15N3O2. The zero-order chi connectivity index (χ0) is 14.5. The Hall–Kier alpha value is -2.82. The van der Waals surface area contributed by atoms with Crippen LogP contribution in [0.15, 0.2) is 47.6 Å². The average Bonchev–Trinajstić information content (AvgIpc) is 2.93. The topological polar surface area (TPSA) is 77.5 Å². The number of rotatable bonds is 5. The molecule has 0 aliphatic heterocycles. The van der Waals surface area contributed by atoms with Gasteiger partial charge in [-0.15, -0.1) is 0 Å². The highest BCUT2D eigenvalue weighted by Crippen LogP contribution is 2.26. The van der Waals surface area contributed by atoms with Gasteiger partial charge in [0.15, 0.2) is 0 Å². The number of aromatic amines is 1. The van der Waals surface area contributed by atoms with E-state index in [1.54, 1.807) is 24.4 Å². The fraction of sp³-hybridized carbons (Fsp3) is 0.0667. The van der Waals surface area contributed by atoms with E-state index in [-0.39, 0.29) is 5.56 Å². The number of carbonyl (C=O) groups is 1. The van der Waals surface area contributed by atoms with Gasteiger partial charge in [0.05, 0.1) is 5.56 Å². The van der Waals surface area contributed by atoms with Crippen molar-refractivity contribution in [2.75, 3.05) is 5.32 Å². The molecule has 0 radical (unpaired) electrons. The third-order valence-corrected chi connectivity index (χ3v) is 2.85. The van der Waals surface area contributed by atoms with Crippen molar-refractivity contribution in [1.29, 1.82) is 0 Å². The van der Waals surface area contributed by atoms with Crippen LogP contribution in [0.2, 0.25) is 0 Å². The maximum atomic E-state index is 11.0. The number of hydrogen-bond acceptors (Lipinski definition) is 3. The second-order valence-corrected chi connectivity index (χ2v) is 4.11. The lowest BCUT2D eigenvalue weighted by atomic mass is 10.1. The molecule has 0 aliphatic rings. The van der Waals surface area contributed by atoms with Gasteiger partial charge in [-0.05, 0) is 37.9 Å². The first-order valence-electron chi connectivity index (χ1n) is 6.07. The molecule has 20 heavy (non-hydrogen) atoms. The molecule has 0 saturated carbocycles. The highest BCUT2D eigenvalue weighted by Gasteiger charge is 2.09. The minimum Gasteiger partial charge on any atom is -0.478 e. The van der Waals surface area contributed by atoms with E-state index in [0.717, 1.165) is 11.3 Å². The summed E-state index contributed by atoms with van der Waals surface area (Å²) < 4.78 is 0. The number of carboxylic acid groups (broad SMARTS) is 1. The average molecular weight is 269 g/mol. The fourth-order valence-corrected chi connectivity index (χ4v) is 1.89. The van der Waals surface area contributed by atoms with Crippen molar-refractivity contribution in [3.05, 3.63) is 53.7 Å². The van der Waals surface area contributed by atoms with E-state index >= 15 is 0 Å². The van der Waals surface area contributed by atoms with E-state index in [2.05, 4.69) is 22.0 Å². The molecule has 2 rings (SSSR count). The summed E-state index contributed by atoms with van der Waals surface area (Å²) in [5.41, 5.74) is 2.65. The Balaban J connectivity index is 2.30. The van der Waals surface area contributed by atoms with Gasteiger partial charge in [-0.25, -0.2) is 9.79 Å². The first kappa shape index (κ1) is 13.6. The fourth-order valence-electron chi connectivity index (χ4n) is 1.89. The summed E-state index contributed by atoms with van der Waals surface area (Å²) in [5.74, 6) is -0.286. The largest absolute Gasteiger partial charge is 0.478 e. The number of nitrogens with one attached hydrogen (secondary N) is 2. The van der Waals surface area contributed by atoms with Crippen molar-refractivity contribution in [1.82, 2.24) is 4.98 Å². The van der Waals surface area contributed by atoms with Crippen LogP contribution in [0.1, 0.15) is 22.8 Å². The molecule has 5 nitrogen and oxygen atoms in total. The molecule has 0 aliphatic carbocycles. The minimum absolute atomic E-state index is 0.238. The molecule has 0 saturated heterocycles. The first-order valence-corrected chi connectivity index (χ1v) is 6.07. The molecule has 0 amide bonds. The number of aromatic carboxylic acids is 1. The van der Waals surface area contributed by atoms with Crippen molar-refractivity contribution in [2.45, 2.75) is 6.92 Å². The van der Waals surface area contributed by atoms with Crippen LogP contribution in [0.4, 0.5) is 11.5 Å². The van der Waals surface area contributed by atoms with E-state index < -0.39 is 5.97 Å². The van der Waals surface area contributed by atoms with Crippen molar-refractivity contribution < 1.29 is 9.90 Å². The van der Waals surface area contributed by atoms with Crippen LogP contribution >= 0.6 is 0 Å². The van der Waals surface area contributed by atoms with Crippen molar-refractivity contribution in [2.24, 2.45) is 4.99 Å². The van der Waals surface area contributed by atoms with E-state index in [9.17, 15) is 4.79 Å². The molecule has 5 heteroatoms. The van der Waals surface area contributed by atoms with Gasteiger partial charge in [0, 0.05) is 23.1 Å². The summed E-state index contributed by atoms with van der Waals surface area (Å²) in [5, 5.41) is 12.2. The summed E-state index contributed by atoms with van der Waals surface area (Å²) in [6.45, 7) is 5.40. The van der Waals surface area contributed by atoms with Crippen LogP contribution in [0.3, 0.4) is 0 Å². The summed E-state index contributed by atoms with van der Waals surface area (Å²) in [4.78, 5) is 17.9. The minimum atomic E-state index is -0.953. The molecule has 2 aromatic rings. The highest BCUT2D eigenvalue weighted by molar-refractivity contribution is 5.90. The van der Waals surface area contributed by atoms with Gasteiger partial charge in [0.2, 0.25) is 0 Å². The van der Waals surface area contributed by atoms with Crippen molar-refractivity contribution >= 4 is 29.9 Å². The Morgan fingerprint density at radius 1 is 1.45 bits per heavy atom. The lowest BCUT2D eigenvalue weighted by Gasteiger charge is -2.11. The number of hydrogen-bond donors (Lipinski definition) is 3. The Morgan fingerprint density at radius 2 is 2.25 bits per heavy atom. The van der Waals surface area contributed by atoms with Crippen molar-refractivity contribution in [3.8, 4) is 0 Å². The Labute approximate surface area is 116 Å². The second-order valence-electron chi connectivity index (χ2n) is 4.11. The van der Waals surface area contributed by atoms with Gasteiger partial charge in [-0.3, -0.25) is 0 Å². The third kappa shape index (κ3) is 2.77. The molecule has 0 unspecified atom stereocenters. The lowest BCUT2D eigenvalue weighted by molar-refractivity contribution is 0.0697. The molecule has 1 aromatic heterocycles. The number of carboxylic acids is 1. The van der Waals surface area contributed by atoms with Gasteiger partial charge in [-0.1, -0.05) is 12.1 Å². The van der Waals surface area contributed by atoms with Gasteiger partial charge in [0.1, 0.15) is 5.82 Å². The van der Waals surface area contributed by atoms with Crippen LogP contribution < -0.4 is 5.32 Å². The van der Waals surface area contributed by atoms with Gasteiger partial charge in [-0.2, -0.15) is 0 Å². The number of allylic oxidation sites excluding steroid dienone is 1. The standard InChI is InChI=1S/C15H15N3O2/c1-3-13(12-7-8-17-14(12)16-2)18-11-6-4-5-10(9-11)15(19)20/h3-9,17-18H,2H2,1H3,(H,19,20)/b13-3+. The predicted octanol–water partition coefficient (Wildman–Crippen LogP) is 3.52. The Morgan fingerprint density at radius 3 is 2.90 bits per heavy atom. The summed E-state index contributed by atoms with van der Waals surface area (Å²) in [7, 11) is 0. The molecule has 102 valence electrons. The van der Waals surface area contributed by atoms with Gasteiger partial charge in [0.25, 0.3) is 0 Å². The molecule has 0 bridgehead atoms. The molecule has 3 N–H and O–H groups in total. The molecule has 1 heterocycles. The third-order valence-electron chi connectivity index (χ3n) is 2.85. The molecular weight excluding hydrogens is 254 g/mol. The smallest absolute Gasteiger partial charge is 0.335 e. The SMILES string of the molecule is C=Nc1[nH]ccc1/C(=C\C)Nc1cccc(C(=O)O)c1. The maximum Gasteiger partial charge on any atom is 0.335 e. The number of nitrogens with zero attached hydrogens (tertiary/aromatic N) is 1. The molecule has 0 fully saturated rings.